The van der Waals surface area contributed by atoms with Gasteiger partial charge in [0.25, 0.3) is 6.71 Å². The van der Waals surface area contributed by atoms with Crippen LogP contribution in [0, 0.1) is 20.8 Å². The molecule has 0 amide bonds. The third-order valence-corrected chi connectivity index (χ3v) is 17.9. The molecule has 0 unspecified atom stereocenters. The second-order valence-electron chi connectivity index (χ2n) is 26.5. The molecule has 0 atom stereocenters. The molecule has 2 nitrogen and oxygen atoms in total. The number of hydrogen-bond donors (Lipinski definition) is 0. The van der Waals surface area contributed by atoms with Crippen LogP contribution >= 0.6 is 0 Å². The minimum absolute atomic E-state index is 0.00206. The van der Waals surface area contributed by atoms with Crippen LogP contribution in [0.1, 0.15) is 198 Å². The van der Waals surface area contributed by atoms with Gasteiger partial charge in [-0.05, 0) is 206 Å². The lowest BCUT2D eigenvalue weighted by Gasteiger charge is -2.49. The zero-order chi connectivity index (χ0) is 46.2. The van der Waals surface area contributed by atoms with E-state index in [2.05, 4.69) is 201 Å². The van der Waals surface area contributed by atoms with Gasteiger partial charge in [-0.2, -0.15) is 0 Å². The fourth-order valence-corrected chi connectivity index (χ4v) is 13.1. The van der Waals surface area contributed by atoms with Crippen molar-refractivity contribution in [1.29, 1.82) is 0 Å². The lowest BCUT2D eigenvalue weighted by molar-refractivity contribution is 0.331. The molecule has 334 valence electrons. The molecule has 2 heterocycles. The summed E-state index contributed by atoms with van der Waals surface area (Å²) in [5, 5.41) is 0. The Hall–Kier alpha value is -4.24. The van der Waals surface area contributed by atoms with Crippen molar-refractivity contribution in [3.63, 3.8) is 0 Å². The highest BCUT2D eigenvalue weighted by Crippen LogP contribution is 2.55. The van der Waals surface area contributed by atoms with Crippen molar-refractivity contribution in [2.24, 2.45) is 0 Å². The highest BCUT2D eigenvalue weighted by atomic mass is 15.2. The molecule has 0 radical (unpaired) electrons. The fourth-order valence-electron chi connectivity index (χ4n) is 13.1. The molecule has 0 saturated carbocycles. The smallest absolute Gasteiger partial charge is 0.252 e. The number of benzene rings is 5. The maximum atomic E-state index is 2.75. The lowest BCUT2D eigenvalue weighted by Crippen LogP contribution is -2.62. The predicted octanol–water partition coefficient (Wildman–Crippen LogP) is 15.0. The Labute approximate surface area is 388 Å². The zero-order valence-corrected chi connectivity index (χ0v) is 43.1. The number of fused-ring (bicyclic) bond motifs is 7. The molecule has 0 N–H and O–H groups in total. The first-order chi connectivity index (χ1) is 29.5. The molecule has 2 aliphatic heterocycles. The SMILES string of the molecule is Cc1cc2c3c(c1)N(c1cc4c(cc1C)C(C)(C)CCC4(C)C)c1cc4c(cc1B3c1ccc(C(C)(C)C)cc1N2c1cc2c(cc1C)C(C)(C)CCC2(C)C)C(C)(C)CCC4(C)C. The highest BCUT2D eigenvalue weighted by Gasteiger charge is 2.48. The van der Waals surface area contributed by atoms with E-state index in [1.807, 2.05) is 0 Å². The number of aryl methyl sites for hydroxylation is 3. The van der Waals surface area contributed by atoms with E-state index in [1.54, 1.807) is 0 Å². The van der Waals surface area contributed by atoms with E-state index < -0.39 is 0 Å². The average molecular weight is 849 g/mol. The minimum Gasteiger partial charge on any atom is -0.311 e. The number of nitrogens with zero attached hydrogens (tertiary/aromatic N) is 2. The first kappa shape index (κ1) is 43.6. The molecule has 0 bridgehead atoms. The molecule has 0 fully saturated rings. The van der Waals surface area contributed by atoms with Crippen LogP contribution in [0.4, 0.5) is 34.1 Å². The van der Waals surface area contributed by atoms with Crippen LogP contribution < -0.4 is 26.2 Å². The van der Waals surface area contributed by atoms with Gasteiger partial charge in [0.05, 0.1) is 0 Å². The Kier molecular flexibility index (Phi) is 9.17. The molecule has 5 aromatic carbocycles. The maximum Gasteiger partial charge on any atom is 0.252 e. The summed E-state index contributed by atoms with van der Waals surface area (Å²) in [5.74, 6) is 0. The van der Waals surface area contributed by atoms with Crippen LogP contribution in [0.3, 0.4) is 0 Å². The molecule has 0 spiro atoms. The number of hydrogen-bond acceptors (Lipinski definition) is 2. The summed E-state index contributed by atoms with van der Waals surface area (Å²) in [4.78, 5) is 5.47. The maximum absolute atomic E-state index is 2.75. The van der Waals surface area contributed by atoms with Crippen LogP contribution in [0.2, 0.25) is 0 Å². The minimum atomic E-state index is -0.00206. The number of anilines is 6. The van der Waals surface area contributed by atoms with Crippen molar-refractivity contribution >= 4 is 57.2 Å². The van der Waals surface area contributed by atoms with Crippen LogP contribution in [-0.2, 0) is 37.9 Å². The van der Waals surface area contributed by atoms with E-state index >= 15 is 0 Å². The summed E-state index contributed by atoms with van der Waals surface area (Å²) in [6, 6.07) is 28.4. The monoisotopic (exact) mass is 849 g/mol. The first-order valence-corrected chi connectivity index (χ1v) is 24.9. The molecule has 3 aliphatic carbocycles. The first-order valence-electron chi connectivity index (χ1n) is 24.9. The van der Waals surface area contributed by atoms with E-state index in [0.29, 0.717) is 0 Å². The Morgan fingerprint density at radius 3 is 1.12 bits per heavy atom. The van der Waals surface area contributed by atoms with Crippen molar-refractivity contribution in [1.82, 2.24) is 0 Å². The normalized spacial score (nSPS) is 21.2. The molecular weight excluding hydrogens is 771 g/mol. The Bertz CT molecular complexity index is 2800. The molecule has 0 saturated heterocycles. The van der Waals surface area contributed by atoms with E-state index in [9.17, 15) is 0 Å². The predicted molar refractivity (Wildman–Crippen MR) is 279 cm³/mol. The van der Waals surface area contributed by atoms with Crippen molar-refractivity contribution < 1.29 is 0 Å². The molecule has 3 heteroatoms. The average Bonchev–Trinajstić information content (AvgIpc) is 3.19. The third kappa shape index (κ3) is 6.31. The van der Waals surface area contributed by atoms with Crippen LogP contribution in [0.15, 0.2) is 66.7 Å². The van der Waals surface area contributed by atoms with Gasteiger partial charge in [0.15, 0.2) is 0 Å². The van der Waals surface area contributed by atoms with Crippen molar-refractivity contribution in [2.45, 2.75) is 201 Å². The Morgan fingerprint density at radius 1 is 0.391 bits per heavy atom. The van der Waals surface area contributed by atoms with Gasteiger partial charge in [0.1, 0.15) is 0 Å². The molecule has 64 heavy (non-hydrogen) atoms. The van der Waals surface area contributed by atoms with Gasteiger partial charge in [-0.25, -0.2) is 0 Å². The molecule has 10 rings (SSSR count). The summed E-state index contributed by atoms with van der Waals surface area (Å²) in [7, 11) is 0. The Morgan fingerprint density at radius 2 is 0.734 bits per heavy atom. The van der Waals surface area contributed by atoms with E-state index in [-0.39, 0.29) is 44.6 Å². The topological polar surface area (TPSA) is 6.48 Å². The molecule has 0 aromatic heterocycles. The highest BCUT2D eigenvalue weighted by molar-refractivity contribution is 7.00. The van der Waals surface area contributed by atoms with Gasteiger partial charge in [-0.1, -0.05) is 134 Å². The van der Waals surface area contributed by atoms with Crippen molar-refractivity contribution in [2.75, 3.05) is 9.80 Å². The van der Waals surface area contributed by atoms with Crippen LogP contribution in [0.5, 0.6) is 0 Å². The third-order valence-electron chi connectivity index (χ3n) is 17.9. The quantitative estimate of drug-likeness (QED) is 0.160. The second kappa shape index (κ2) is 13.4. The number of rotatable bonds is 2. The van der Waals surface area contributed by atoms with Gasteiger partial charge in [0.2, 0.25) is 0 Å². The zero-order valence-electron chi connectivity index (χ0n) is 43.1. The van der Waals surface area contributed by atoms with Gasteiger partial charge in [0, 0.05) is 34.1 Å². The van der Waals surface area contributed by atoms with E-state index in [0.717, 1.165) is 0 Å². The van der Waals surface area contributed by atoms with Gasteiger partial charge < -0.3 is 9.80 Å². The van der Waals surface area contributed by atoms with Gasteiger partial charge >= 0.3 is 0 Å². The fraction of sp³-hybridized carbons (Fsp3) is 0.508. The van der Waals surface area contributed by atoms with Crippen LogP contribution in [-0.4, -0.2) is 6.71 Å². The van der Waals surface area contributed by atoms with Gasteiger partial charge in [-0.3, -0.25) is 0 Å². The van der Waals surface area contributed by atoms with E-state index in [4.69, 9.17) is 0 Å². The molecule has 5 aliphatic rings. The van der Waals surface area contributed by atoms with E-state index in [1.165, 1.54) is 145 Å². The standard InChI is InChI=1S/C61H77BN2/c1-36-27-52-54-53(28-36)64(49-34-44-41(30-38(49)3)57(9,10)22-25-60(44,15)16)51-35-45-42(58(11,12)23-26-61(45,17)18)32-47(51)62(54)46-20-19-39(55(4,5)6)31-50(46)63(52)48-33-43-40(29-37(48)2)56(7,8)21-24-59(43,13)14/h19-20,27-35H,21-26H2,1-18H3. The molecule has 5 aromatic rings. The Balaban J connectivity index is 1.34. The van der Waals surface area contributed by atoms with Crippen molar-refractivity contribution in [3.8, 4) is 0 Å². The van der Waals surface area contributed by atoms with Gasteiger partial charge in [-0.15, -0.1) is 0 Å². The summed E-state index contributed by atoms with van der Waals surface area (Å²) in [5.41, 5.74) is 27.5. The second-order valence-corrected chi connectivity index (χ2v) is 26.5. The summed E-state index contributed by atoms with van der Waals surface area (Å²) < 4.78 is 0. The summed E-state index contributed by atoms with van der Waals surface area (Å²) in [6.07, 6.45) is 7.20. The summed E-state index contributed by atoms with van der Waals surface area (Å²) in [6.45, 7) is 44.1. The lowest BCUT2D eigenvalue weighted by atomic mass is 9.33. The largest absolute Gasteiger partial charge is 0.311 e. The molecular formula is C61H77BN2. The van der Waals surface area contributed by atoms with Crippen LogP contribution in [0.25, 0.3) is 0 Å². The summed E-state index contributed by atoms with van der Waals surface area (Å²) >= 11 is 0. The van der Waals surface area contributed by atoms with Crippen molar-refractivity contribution in [3.05, 3.63) is 122 Å².